The molecule has 0 N–H and O–H groups in total. The first-order valence-electron chi connectivity index (χ1n) is 9.74. The Kier molecular flexibility index (Phi) is 5.92. The molecule has 8 nitrogen and oxygen atoms in total. The van der Waals surface area contributed by atoms with Crippen LogP contribution in [-0.2, 0) is 10.0 Å². The van der Waals surface area contributed by atoms with Gasteiger partial charge >= 0.3 is 0 Å². The first-order valence-corrected chi connectivity index (χ1v) is 11.2. The maximum absolute atomic E-state index is 13.4. The topological polar surface area (TPSA) is 94.8 Å². The van der Waals surface area contributed by atoms with Gasteiger partial charge in [0.1, 0.15) is 22.2 Å². The highest BCUT2D eigenvalue weighted by atomic mass is 32.2. The van der Waals surface area contributed by atoms with E-state index in [1.54, 1.807) is 24.3 Å². The van der Waals surface area contributed by atoms with Crippen LogP contribution in [-0.4, -0.2) is 50.2 Å². The lowest BCUT2D eigenvalue weighted by Gasteiger charge is -2.30. The monoisotopic (exact) mass is 447 g/mol. The number of nitrogens with zero attached hydrogens (tertiary/aromatic N) is 3. The van der Waals surface area contributed by atoms with Crippen molar-refractivity contribution in [2.24, 2.45) is 0 Å². The van der Waals surface area contributed by atoms with Crippen LogP contribution in [0.4, 0.5) is 4.39 Å². The molecule has 1 atom stereocenters. The van der Waals surface area contributed by atoms with E-state index in [4.69, 9.17) is 13.9 Å². The van der Waals surface area contributed by atoms with E-state index in [0.29, 0.717) is 36.6 Å². The van der Waals surface area contributed by atoms with Gasteiger partial charge in [-0.05, 0) is 49.2 Å². The quantitative estimate of drug-likeness (QED) is 0.571. The van der Waals surface area contributed by atoms with Crippen molar-refractivity contribution in [2.75, 3.05) is 27.3 Å². The highest BCUT2D eigenvalue weighted by Crippen LogP contribution is 2.35. The number of hydrogen-bond donors (Lipinski definition) is 0. The average molecular weight is 447 g/mol. The summed E-state index contributed by atoms with van der Waals surface area (Å²) < 4.78 is 57.5. The second-order valence-electron chi connectivity index (χ2n) is 7.17. The summed E-state index contributed by atoms with van der Waals surface area (Å²) in [5.74, 6) is 0.695. The zero-order valence-corrected chi connectivity index (χ0v) is 17.9. The molecular weight excluding hydrogens is 425 g/mol. The molecular formula is C21H22FN3O5S. The molecule has 1 fully saturated rings. The molecule has 3 aromatic rings. The largest absolute Gasteiger partial charge is 0.497 e. The summed E-state index contributed by atoms with van der Waals surface area (Å²) in [5.41, 5.74) is 0.599. The number of sulfonamides is 1. The Balaban J connectivity index is 1.58. The number of rotatable bonds is 6. The van der Waals surface area contributed by atoms with Crippen molar-refractivity contribution >= 4 is 10.0 Å². The fraction of sp³-hybridized carbons (Fsp3) is 0.333. The fourth-order valence-corrected chi connectivity index (χ4v) is 5.29. The van der Waals surface area contributed by atoms with Gasteiger partial charge < -0.3 is 13.9 Å². The second-order valence-corrected chi connectivity index (χ2v) is 9.08. The lowest BCUT2D eigenvalue weighted by molar-refractivity contribution is 0.285. The molecule has 1 aliphatic heterocycles. The smallest absolute Gasteiger partial charge is 0.247 e. The van der Waals surface area contributed by atoms with Crippen molar-refractivity contribution in [1.82, 2.24) is 14.5 Å². The minimum atomic E-state index is -3.83. The van der Waals surface area contributed by atoms with Crippen molar-refractivity contribution in [3.05, 3.63) is 54.2 Å². The summed E-state index contributed by atoms with van der Waals surface area (Å²) in [6.07, 6.45) is 1.36. The predicted molar refractivity (Wildman–Crippen MR) is 110 cm³/mol. The first-order chi connectivity index (χ1) is 14.9. The third kappa shape index (κ3) is 4.26. The highest BCUT2D eigenvalue weighted by molar-refractivity contribution is 7.89. The van der Waals surface area contributed by atoms with Gasteiger partial charge in [0.15, 0.2) is 0 Å². The zero-order valence-electron chi connectivity index (χ0n) is 17.1. The van der Waals surface area contributed by atoms with E-state index < -0.39 is 10.0 Å². The standard InChI is InChI=1S/C21H22FN3O5S/c1-28-17-9-10-18(29-2)19(12-17)31(26,27)25-11-3-4-15(13-25)21-24-23-20(30-21)14-5-7-16(22)8-6-14/h5-10,12,15H,3-4,11,13H2,1-2H3. The van der Waals surface area contributed by atoms with Crippen LogP contribution in [0.2, 0.25) is 0 Å². The van der Waals surface area contributed by atoms with E-state index in [2.05, 4.69) is 10.2 Å². The minimum absolute atomic E-state index is 0.0486. The molecule has 31 heavy (non-hydrogen) atoms. The van der Waals surface area contributed by atoms with Crippen LogP contribution in [0.15, 0.2) is 51.8 Å². The predicted octanol–water partition coefficient (Wildman–Crippen LogP) is 3.46. The Bertz CT molecular complexity index is 1160. The second kappa shape index (κ2) is 8.64. The summed E-state index contributed by atoms with van der Waals surface area (Å²) in [7, 11) is -0.930. The van der Waals surface area contributed by atoms with Crippen LogP contribution in [0.5, 0.6) is 11.5 Å². The molecule has 1 unspecified atom stereocenters. The molecule has 2 heterocycles. The van der Waals surface area contributed by atoms with Crippen LogP contribution in [0.3, 0.4) is 0 Å². The van der Waals surface area contributed by atoms with Crippen LogP contribution in [0.1, 0.15) is 24.7 Å². The summed E-state index contributed by atoms with van der Waals surface area (Å²) in [4.78, 5) is 0.0486. The number of piperidine rings is 1. The Morgan fingerprint density at radius 3 is 2.58 bits per heavy atom. The Morgan fingerprint density at radius 1 is 1.10 bits per heavy atom. The Morgan fingerprint density at radius 2 is 1.87 bits per heavy atom. The van der Waals surface area contributed by atoms with Crippen molar-refractivity contribution in [1.29, 1.82) is 0 Å². The number of hydrogen-bond acceptors (Lipinski definition) is 7. The van der Waals surface area contributed by atoms with Gasteiger partial charge in [0, 0.05) is 24.7 Å². The number of halogens is 1. The highest BCUT2D eigenvalue weighted by Gasteiger charge is 2.35. The maximum Gasteiger partial charge on any atom is 0.247 e. The van der Waals surface area contributed by atoms with E-state index in [9.17, 15) is 12.8 Å². The molecule has 10 heteroatoms. The van der Waals surface area contributed by atoms with E-state index >= 15 is 0 Å². The van der Waals surface area contributed by atoms with Gasteiger partial charge in [0.2, 0.25) is 21.8 Å². The molecule has 0 radical (unpaired) electrons. The van der Waals surface area contributed by atoms with E-state index in [1.807, 2.05) is 0 Å². The summed E-state index contributed by atoms with van der Waals surface area (Å²) in [6, 6.07) is 10.4. The average Bonchev–Trinajstić information content (AvgIpc) is 3.29. The molecule has 0 bridgehead atoms. The SMILES string of the molecule is COc1ccc(OC)c(S(=O)(=O)N2CCCC(c3nnc(-c4ccc(F)cc4)o3)C2)c1. The van der Waals surface area contributed by atoms with Gasteiger partial charge in [-0.3, -0.25) is 0 Å². The normalized spacial score (nSPS) is 17.5. The molecule has 1 aliphatic rings. The number of methoxy groups -OCH3 is 2. The van der Waals surface area contributed by atoms with Gasteiger partial charge in [0.25, 0.3) is 0 Å². The summed E-state index contributed by atoms with van der Waals surface area (Å²) in [6.45, 7) is 0.575. The third-order valence-corrected chi connectivity index (χ3v) is 7.14. The number of aromatic nitrogens is 2. The number of benzene rings is 2. The van der Waals surface area contributed by atoms with Crippen LogP contribution < -0.4 is 9.47 Å². The van der Waals surface area contributed by atoms with E-state index in [-0.39, 0.29) is 34.8 Å². The molecule has 1 saturated heterocycles. The van der Waals surface area contributed by atoms with Crippen molar-refractivity contribution in [3.63, 3.8) is 0 Å². The molecule has 0 saturated carbocycles. The van der Waals surface area contributed by atoms with Crippen LogP contribution in [0.25, 0.3) is 11.5 Å². The van der Waals surface area contributed by atoms with E-state index in [1.165, 1.54) is 36.7 Å². The van der Waals surface area contributed by atoms with E-state index in [0.717, 1.165) is 0 Å². The molecule has 4 rings (SSSR count). The Labute approximate surface area is 179 Å². The van der Waals surface area contributed by atoms with Gasteiger partial charge in [-0.25, -0.2) is 12.8 Å². The molecule has 0 spiro atoms. The van der Waals surface area contributed by atoms with Crippen LogP contribution >= 0.6 is 0 Å². The molecule has 1 aromatic heterocycles. The van der Waals surface area contributed by atoms with Gasteiger partial charge in [-0.15, -0.1) is 10.2 Å². The Hall–Kier alpha value is -2.98. The first kappa shape index (κ1) is 21.3. The fourth-order valence-electron chi connectivity index (χ4n) is 3.60. The number of ether oxygens (including phenoxy) is 2. The molecule has 0 amide bonds. The maximum atomic E-state index is 13.4. The van der Waals surface area contributed by atoms with Crippen molar-refractivity contribution in [2.45, 2.75) is 23.7 Å². The van der Waals surface area contributed by atoms with Crippen molar-refractivity contribution < 1.29 is 26.7 Å². The molecule has 0 aliphatic carbocycles. The minimum Gasteiger partial charge on any atom is -0.497 e. The van der Waals surface area contributed by atoms with Gasteiger partial charge in [-0.1, -0.05) is 0 Å². The molecule has 164 valence electrons. The molecule has 2 aromatic carbocycles. The third-order valence-electron chi connectivity index (χ3n) is 5.25. The van der Waals surface area contributed by atoms with Gasteiger partial charge in [0.05, 0.1) is 20.1 Å². The lowest BCUT2D eigenvalue weighted by Crippen LogP contribution is -2.39. The van der Waals surface area contributed by atoms with Crippen LogP contribution in [0, 0.1) is 5.82 Å². The van der Waals surface area contributed by atoms with Gasteiger partial charge in [-0.2, -0.15) is 4.31 Å². The summed E-state index contributed by atoms with van der Waals surface area (Å²) in [5, 5.41) is 8.16. The lowest BCUT2D eigenvalue weighted by atomic mass is 10.00. The van der Waals surface area contributed by atoms with Crippen molar-refractivity contribution in [3.8, 4) is 23.0 Å². The summed E-state index contributed by atoms with van der Waals surface area (Å²) >= 11 is 0. The zero-order chi connectivity index (χ0) is 22.0.